The summed E-state index contributed by atoms with van der Waals surface area (Å²) in [6, 6.07) is 4.46. The van der Waals surface area contributed by atoms with Crippen LogP contribution >= 0.6 is 0 Å². The molecule has 1 saturated heterocycles. The lowest BCUT2D eigenvalue weighted by molar-refractivity contribution is 0.150. The van der Waals surface area contributed by atoms with Crippen LogP contribution in [0, 0.1) is 13.8 Å². The number of benzene rings is 1. The molecule has 3 heterocycles. The number of ether oxygens (including phenoxy) is 1. The first-order valence-electron chi connectivity index (χ1n) is 11.2. The highest BCUT2D eigenvalue weighted by molar-refractivity contribution is 5.65. The molecule has 8 nitrogen and oxygen atoms in total. The number of nitrogens with two attached hydrogens (primary N) is 1. The van der Waals surface area contributed by atoms with Crippen molar-refractivity contribution < 1.29 is 9.84 Å². The standard InChI is InChI=1S/C24H30N6O2/c1-15-10-17(11-16(2)21(15)24(31)6-7-24)20-13-26-22(25)23(28-20)32-19-12-27-30(14-19)18-4-8-29(3)9-5-18/h10-14,18,31H,4-9H2,1-3H3,(H2,25,26). The van der Waals surface area contributed by atoms with Crippen LogP contribution in [-0.4, -0.2) is 49.9 Å². The first kappa shape index (κ1) is 20.9. The zero-order valence-electron chi connectivity index (χ0n) is 18.9. The van der Waals surface area contributed by atoms with Crippen LogP contribution in [0.25, 0.3) is 11.3 Å². The van der Waals surface area contributed by atoms with Gasteiger partial charge in [-0.15, -0.1) is 0 Å². The molecule has 2 aliphatic rings. The Morgan fingerprint density at radius 1 is 1.12 bits per heavy atom. The molecule has 1 saturated carbocycles. The molecule has 1 aromatic carbocycles. The van der Waals surface area contributed by atoms with Gasteiger partial charge in [-0.05, 0) is 88.5 Å². The van der Waals surface area contributed by atoms with E-state index < -0.39 is 5.60 Å². The summed E-state index contributed by atoms with van der Waals surface area (Å²) in [6.07, 6.45) is 9.04. The smallest absolute Gasteiger partial charge is 0.263 e. The van der Waals surface area contributed by atoms with Gasteiger partial charge in [0.25, 0.3) is 5.88 Å². The number of aryl methyl sites for hydroxylation is 2. The Kier molecular flexibility index (Phi) is 5.14. The predicted molar refractivity (Wildman–Crippen MR) is 123 cm³/mol. The maximum absolute atomic E-state index is 10.6. The number of nitrogens with zero attached hydrogens (tertiary/aromatic N) is 5. The zero-order valence-corrected chi connectivity index (χ0v) is 18.9. The molecule has 5 rings (SSSR count). The number of nitrogen functional groups attached to an aromatic ring is 1. The van der Waals surface area contributed by atoms with Crippen molar-refractivity contribution in [3.05, 3.63) is 47.4 Å². The first-order valence-corrected chi connectivity index (χ1v) is 11.2. The number of aliphatic hydroxyl groups is 1. The summed E-state index contributed by atoms with van der Waals surface area (Å²) in [5.74, 6) is 1.10. The van der Waals surface area contributed by atoms with E-state index in [0.29, 0.717) is 17.5 Å². The van der Waals surface area contributed by atoms with Crippen LogP contribution in [0.1, 0.15) is 48.4 Å². The van der Waals surface area contributed by atoms with Crippen LogP contribution in [0.5, 0.6) is 11.6 Å². The molecule has 0 bridgehead atoms. The number of piperidine rings is 1. The molecule has 0 amide bonds. The largest absolute Gasteiger partial charge is 0.433 e. The Morgan fingerprint density at radius 2 is 1.81 bits per heavy atom. The quantitative estimate of drug-likeness (QED) is 0.633. The van der Waals surface area contributed by atoms with Gasteiger partial charge in [0, 0.05) is 5.56 Å². The lowest BCUT2D eigenvalue weighted by Crippen LogP contribution is -2.31. The molecule has 2 fully saturated rings. The second-order valence-electron chi connectivity index (χ2n) is 9.25. The van der Waals surface area contributed by atoms with Crippen LogP contribution in [0.3, 0.4) is 0 Å². The Balaban J connectivity index is 1.38. The number of aromatic nitrogens is 4. The summed E-state index contributed by atoms with van der Waals surface area (Å²) in [4.78, 5) is 11.3. The fourth-order valence-electron chi connectivity index (χ4n) is 4.75. The number of hydrogen-bond acceptors (Lipinski definition) is 7. The summed E-state index contributed by atoms with van der Waals surface area (Å²) >= 11 is 0. The minimum absolute atomic E-state index is 0.234. The van der Waals surface area contributed by atoms with Crippen molar-refractivity contribution in [2.45, 2.75) is 51.2 Å². The monoisotopic (exact) mass is 434 g/mol. The second-order valence-corrected chi connectivity index (χ2v) is 9.25. The van der Waals surface area contributed by atoms with E-state index in [-0.39, 0.29) is 11.7 Å². The second kappa shape index (κ2) is 7.86. The van der Waals surface area contributed by atoms with Gasteiger partial charge in [-0.2, -0.15) is 5.10 Å². The summed E-state index contributed by atoms with van der Waals surface area (Å²) in [5.41, 5.74) is 10.1. The molecule has 3 N–H and O–H groups in total. The first-order chi connectivity index (χ1) is 15.3. The molecule has 32 heavy (non-hydrogen) atoms. The zero-order chi connectivity index (χ0) is 22.5. The van der Waals surface area contributed by atoms with Gasteiger partial charge in [0.1, 0.15) is 0 Å². The lowest BCUT2D eigenvalue weighted by atomic mass is 9.93. The molecule has 3 aromatic rings. The molecule has 8 heteroatoms. The van der Waals surface area contributed by atoms with E-state index >= 15 is 0 Å². The number of anilines is 1. The van der Waals surface area contributed by atoms with Crippen molar-refractivity contribution in [3.63, 3.8) is 0 Å². The third-order valence-corrected chi connectivity index (χ3v) is 6.64. The normalized spacial score (nSPS) is 18.6. The number of hydrogen-bond donors (Lipinski definition) is 2. The highest BCUT2D eigenvalue weighted by Crippen LogP contribution is 2.48. The average molecular weight is 435 g/mol. The van der Waals surface area contributed by atoms with E-state index in [9.17, 15) is 5.11 Å². The lowest BCUT2D eigenvalue weighted by Gasteiger charge is -2.28. The number of rotatable bonds is 5. The molecule has 1 aliphatic carbocycles. The minimum Gasteiger partial charge on any atom is -0.433 e. The van der Waals surface area contributed by atoms with Crippen LogP contribution in [0.4, 0.5) is 5.82 Å². The van der Waals surface area contributed by atoms with E-state index in [2.05, 4.69) is 27.0 Å². The molecule has 0 unspecified atom stereocenters. The van der Waals surface area contributed by atoms with Crippen molar-refractivity contribution in [2.75, 3.05) is 25.9 Å². The average Bonchev–Trinajstić information content (AvgIpc) is 3.31. The van der Waals surface area contributed by atoms with Gasteiger partial charge in [0.15, 0.2) is 11.6 Å². The summed E-state index contributed by atoms with van der Waals surface area (Å²) in [6.45, 7) is 6.19. The van der Waals surface area contributed by atoms with E-state index in [1.54, 1.807) is 12.4 Å². The van der Waals surface area contributed by atoms with Crippen molar-refractivity contribution in [3.8, 4) is 22.9 Å². The summed E-state index contributed by atoms with van der Waals surface area (Å²) < 4.78 is 7.96. The van der Waals surface area contributed by atoms with Gasteiger partial charge < -0.3 is 20.5 Å². The van der Waals surface area contributed by atoms with Crippen LogP contribution < -0.4 is 10.5 Å². The fraction of sp³-hybridized carbons (Fsp3) is 0.458. The summed E-state index contributed by atoms with van der Waals surface area (Å²) in [5, 5.41) is 15.1. The van der Waals surface area contributed by atoms with Crippen molar-refractivity contribution in [2.24, 2.45) is 0 Å². The van der Waals surface area contributed by atoms with Gasteiger partial charge in [0.05, 0.1) is 35.9 Å². The van der Waals surface area contributed by atoms with Gasteiger partial charge in [0.2, 0.25) is 0 Å². The number of likely N-dealkylation sites (tertiary alicyclic amines) is 1. The topological polar surface area (TPSA) is 102 Å². The molecule has 168 valence electrons. The maximum atomic E-state index is 10.6. The van der Waals surface area contributed by atoms with Crippen molar-refractivity contribution in [1.29, 1.82) is 0 Å². The van der Waals surface area contributed by atoms with Gasteiger partial charge in [-0.25, -0.2) is 9.97 Å². The Bertz CT molecular complexity index is 1120. The van der Waals surface area contributed by atoms with Crippen molar-refractivity contribution in [1.82, 2.24) is 24.6 Å². The minimum atomic E-state index is -0.665. The highest BCUT2D eigenvalue weighted by atomic mass is 16.5. The predicted octanol–water partition coefficient (Wildman–Crippen LogP) is 3.58. The van der Waals surface area contributed by atoms with E-state index in [4.69, 9.17) is 10.5 Å². The van der Waals surface area contributed by atoms with Crippen LogP contribution in [-0.2, 0) is 5.60 Å². The van der Waals surface area contributed by atoms with Gasteiger partial charge in [-0.3, -0.25) is 4.68 Å². The third kappa shape index (κ3) is 3.96. The molecule has 2 aromatic heterocycles. The van der Waals surface area contributed by atoms with Crippen LogP contribution in [0.2, 0.25) is 0 Å². The van der Waals surface area contributed by atoms with E-state index in [1.165, 1.54) is 0 Å². The third-order valence-electron chi connectivity index (χ3n) is 6.64. The highest BCUT2D eigenvalue weighted by Gasteiger charge is 2.44. The van der Waals surface area contributed by atoms with E-state index in [1.807, 2.05) is 36.9 Å². The summed E-state index contributed by atoms with van der Waals surface area (Å²) in [7, 11) is 2.15. The SMILES string of the molecule is Cc1cc(-c2cnc(N)c(Oc3cnn(C4CCN(C)CC4)c3)n2)cc(C)c1C1(O)CC1. The molecule has 0 atom stereocenters. The van der Waals surface area contributed by atoms with Gasteiger partial charge in [-0.1, -0.05) is 0 Å². The fourth-order valence-corrected chi connectivity index (χ4v) is 4.75. The van der Waals surface area contributed by atoms with Crippen LogP contribution in [0.15, 0.2) is 30.7 Å². The van der Waals surface area contributed by atoms with Gasteiger partial charge >= 0.3 is 0 Å². The molecular formula is C24H30N6O2. The molecule has 0 radical (unpaired) electrons. The Labute approximate surface area is 188 Å². The maximum Gasteiger partial charge on any atom is 0.263 e. The molecule has 0 spiro atoms. The Hall–Kier alpha value is -2.97. The molecular weight excluding hydrogens is 404 g/mol. The Morgan fingerprint density at radius 3 is 2.47 bits per heavy atom. The molecule has 1 aliphatic heterocycles. The van der Waals surface area contributed by atoms with E-state index in [0.717, 1.165) is 61.0 Å². The van der Waals surface area contributed by atoms with Crippen molar-refractivity contribution >= 4 is 5.82 Å².